The molecule has 2 rings (SSSR count). The first-order chi connectivity index (χ1) is 8.13. The number of aryl methyl sites for hydroxylation is 1. The first-order valence-corrected chi connectivity index (χ1v) is 5.71. The number of hydrogen-bond donors (Lipinski definition) is 3. The molecule has 1 saturated heterocycles. The van der Waals surface area contributed by atoms with Gasteiger partial charge in [-0.2, -0.15) is 5.10 Å². The third-order valence-electron chi connectivity index (χ3n) is 3.28. The van der Waals surface area contributed by atoms with E-state index in [1.165, 1.54) is 0 Å². The van der Waals surface area contributed by atoms with Crippen molar-refractivity contribution in [1.29, 1.82) is 0 Å². The number of nitrogens with zero attached hydrogens (tertiary/aromatic N) is 1. The van der Waals surface area contributed by atoms with Crippen LogP contribution in [-0.2, 0) is 9.53 Å². The van der Waals surface area contributed by atoms with Gasteiger partial charge in [0, 0.05) is 17.3 Å². The lowest BCUT2D eigenvalue weighted by Crippen LogP contribution is -2.39. The van der Waals surface area contributed by atoms with Crippen LogP contribution in [0, 0.1) is 19.8 Å². The molecule has 2 atom stereocenters. The molecule has 1 amide bonds. The fourth-order valence-electron chi connectivity index (χ4n) is 1.91. The summed E-state index contributed by atoms with van der Waals surface area (Å²) in [7, 11) is 1.84. The van der Waals surface area contributed by atoms with E-state index in [0.717, 1.165) is 11.3 Å². The number of H-pyrrole nitrogens is 1. The van der Waals surface area contributed by atoms with Crippen LogP contribution in [0.2, 0.25) is 0 Å². The molecular formula is C11H18N4O2. The maximum atomic E-state index is 12.1. The van der Waals surface area contributed by atoms with Gasteiger partial charge in [-0.3, -0.25) is 9.89 Å². The molecule has 2 unspecified atom stereocenters. The third kappa shape index (κ3) is 2.32. The van der Waals surface area contributed by atoms with Crippen molar-refractivity contribution in [3.63, 3.8) is 0 Å². The average molecular weight is 238 g/mol. The van der Waals surface area contributed by atoms with E-state index in [9.17, 15) is 4.79 Å². The highest BCUT2D eigenvalue weighted by atomic mass is 16.5. The number of hydrogen-bond acceptors (Lipinski definition) is 4. The van der Waals surface area contributed by atoms with Crippen LogP contribution >= 0.6 is 0 Å². The van der Waals surface area contributed by atoms with Gasteiger partial charge in [-0.05, 0) is 20.9 Å². The third-order valence-corrected chi connectivity index (χ3v) is 3.28. The van der Waals surface area contributed by atoms with Gasteiger partial charge in [-0.15, -0.1) is 0 Å². The van der Waals surface area contributed by atoms with Gasteiger partial charge in [-0.25, -0.2) is 0 Å². The Morgan fingerprint density at radius 3 is 2.82 bits per heavy atom. The van der Waals surface area contributed by atoms with E-state index in [1.807, 2.05) is 20.9 Å². The summed E-state index contributed by atoms with van der Waals surface area (Å²) in [5.74, 6) is 0.405. The summed E-state index contributed by atoms with van der Waals surface area (Å²) >= 11 is 0. The molecule has 1 fully saturated rings. The highest BCUT2D eigenvalue weighted by molar-refractivity contribution is 5.93. The molecule has 17 heavy (non-hydrogen) atoms. The fourth-order valence-corrected chi connectivity index (χ4v) is 1.91. The number of carbonyl (C=O) groups is 1. The van der Waals surface area contributed by atoms with E-state index < -0.39 is 0 Å². The minimum atomic E-state index is -0.156. The lowest BCUT2D eigenvalue weighted by atomic mass is 10.0. The molecule has 1 aliphatic heterocycles. The Morgan fingerprint density at radius 1 is 1.47 bits per heavy atom. The van der Waals surface area contributed by atoms with Gasteiger partial charge in [0.15, 0.2) is 5.82 Å². The lowest BCUT2D eigenvalue weighted by Gasteiger charge is -2.15. The SMILES string of the molecule is CNC1COCC1C(=O)Nc1n[nH]c(C)c1C. The number of nitrogens with one attached hydrogen (secondary N) is 3. The summed E-state index contributed by atoms with van der Waals surface area (Å²) in [4.78, 5) is 12.1. The molecule has 0 spiro atoms. The Balaban J connectivity index is 2.04. The standard InChI is InChI=1S/C11H18N4O2/c1-6-7(2)14-15-10(6)13-11(16)8-4-17-5-9(8)12-3/h8-9,12H,4-5H2,1-3H3,(H2,13,14,15,16). The van der Waals surface area contributed by atoms with Crippen LogP contribution < -0.4 is 10.6 Å². The Hall–Kier alpha value is -1.40. The highest BCUT2D eigenvalue weighted by Gasteiger charge is 2.33. The first-order valence-electron chi connectivity index (χ1n) is 5.71. The van der Waals surface area contributed by atoms with Crippen molar-refractivity contribution in [2.75, 3.05) is 25.6 Å². The van der Waals surface area contributed by atoms with E-state index in [-0.39, 0.29) is 17.9 Å². The van der Waals surface area contributed by atoms with E-state index >= 15 is 0 Å². The molecule has 0 aliphatic carbocycles. The van der Waals surface area contributed by atoms with Crippen molar-refractivity contribution in [2.45, 2.75) is 19.9 Å². The normalized spacial score (nSPS) is 23.9. The zero-order valence-electron chi connectivity index (χ0n) is 10.3. The Labute approximate surface area is 100 Å². The Kier molecular flexibility index (Phi) is 3.44. The number of likely N-dealkylation sites (N-methyl/N-ethyl adjacent to an activating group) is 1. The van der Waals surface area contributed by atoms with Gasteiger partial charge in [0.05, 0.1) is 19.1 Å². The quantitative estimate of drug-likeness (QED) is 0.703. The predicted octanol–water partition coefficient (Wildman–Crippen LogP) is 0.199. The van der Waals surface area contributed by atoms with Gasteiger partial charge >= 0.3 is 0 Å². The number of carbonyl (C=O) groups excluding carboxylic acids is 1. The second-order valence-electron chi connectivity index (χ2n) is 4.35. The van der Waals surface area contributed by atoms with Crippen LogP contribution in [0.3, 0.4) is 0 Å². The minimum Gasteiger partial charge on any atom is -0.379 e. The van der Waals surface area contributed by atoms with Crippen molar-refractivity contribution in [1.82, 2.24) is 15.5 Å². The summed E-state index contributed by atoms with van der Waals surface area (Å²) in [5.41, 5.74) is 1.94. The largest absolute Gasteiger partial charge is 0.379 e. The second-order valence-corrected chi connectivity index (χ2v) is 4.35. The van der Waals surface area contributed by atoms with Gasteiger partial charge in [0.25, 0.3) is 0 Å². The Bertz CT molecular complexity index is 416. The lowest BCUT2D eigenvalue weighted by molar-refractivity contribution is -0.120. The maximum absolute atomic E-state index is 12.1. The van der Waals surface area contributed by atoms with Crippen LogP contribution in [-0.4, -0.2) is 42.4 Å². The van der Waals surface area contributed by atoms with E-state index in [4.69, 9.17) is 4.74 Å². The molecule has 2 heterocycles. The van der Waals surface area contributed by atoms with Crippen molar-refractivity contribution < 1.29 is 9.53 Å². The van der Waals surface area contributed by atoms with Crippen LogP contribution in [0.1, 0.15) is 11.3 Å². The number of rotatable bonds is 3. The van der Waals surface area contributed by atoms with Gasteiger partial charge < -0.3 is 15.4 Å². The smallest absolute Gasteiger partial charge is 0.232 e. The topological polar surface area (TPSA) is 79.0 Å². The molecule has 0 saturated carbocycles. The van der Waals surface area contributed by atoms with Gasteiger partial charge in [0.2, 0.25) is 5.91 Å². The predicted molar refractivity (Wildman–Crippen MR) is 63.8 cm³/mol. The van der Waals surface area contributed by atoms with Crippen LogP contribution in [0.5, 0.6) is 0 Å². The van der Waals surface area contributed by atoms with Crippen LogP contribution in [0.4, 0.5) is 5.82 Å². The summed E-state index contributed by atoms with van der Waals surface area (Å²) in [6.07, 6.45) is 0. The molecule has 0 bridgehead atoms. The number of aromatic amines is 1. The van der Waals surface area contributed by atoms with Crippen LogP contribution in [0.15, 0.2) is 0 Å². The zero-order chi connectivity index (χ0) is 12.4. The van der Waals surface area contributed by atoms with Gasteiger partial charge in [-0.1, -0.05) is 0 Å². The summed E-state index contributed by atoms with van der Waals surface area (Å²) < 4.78 is 5.30. The first kappa shape index (κ1) is 12.1. The minimum absolute atomic E-state index is 0.0450. The monoisotopic (exact) mass is 238 g/mol. The average Bonchev–Trinajstić information content (AvgIpc) is 2.90. The van der Waals surface area contributed by atoms with Crippen molar-refractivity contribution in [3.05, 3.63) is 11.3 Å². The van der Waals surface area contributed by atoms with Crippen LogP contribution in [0.25, 0.3) is 0 Å². The number of amides is 1. The molecule has 1 aromatic rings. The molecular weight excluding hydrogens is 220 g/mol. The second kappa shape index (κ2) is 4.85. The Morgan fingerprint density at radius 2 is 2.24 bits per heavy atom. The van der Waals surface area contributed by atoms with Crippen molar-refractivity contribution in [2.24, 2.45) is 5.92 Å². The highest BCUT2D eigenvalue weighted by Crippen LogP contribution is 2.18. The number of aromatic nitrogens is 2. The fraction of sp³-hybridized carbons (Fsp3) is 0.636. The summed E-state index contributed by atoms with van der Waals surface area (Å²) in [6, 6.07) is 0.0790. The molecule has 6 nitrogen and oxygen atoms in total. The van der Waals surface area contributed by atoms with Crippen molar-refractivity contribution >= 4 is 11.7 Å². The van der Waals surface area contributed by atoms with E-state index in [0.29, 0.717) is 19.0 Å². The van der Waals surface area contributed by atoms with E-state index in [1.54, 1.807) is 0 Å². The van der Waals surface area contributed by atoms with E-state index in [2.05, 4.69) is 20.8 Å². The van der Waals surface area contributed by atoms with Crippen molar-refractivity contribution in [3.8, 4) is 0 Å². The molecule has 6 heteroatoms. The molecule has 1 aromatic heterocycles. The number of ether oxygens (including phenoxy) is 1. The maximum Gasteiger partial charge on any atom is 0.232 e. The zero-order valence-corrected chi connectivity index (χ0v) is 10.3. The summed E-state index contributed by atoms with van der Waals surface area (Å²) in [6.45, 7) is 4.88. The molecule has 3 N–H and O–H groups in total. The molecule has 0 aromatic carbocycles. The molecule has 94 valence electrons. The summed E-state index contributed by atoms with van der Waals surface area (Å²) in [5, 5.41) is 12.8. The van der Waals surface area contributed by atoms with Gasteiger partial charge in [0.1, 0.15) is 0 Å². The molecule has 0 radical (unpaired) electrons. The number of anilines is 1. The molecule has 1 aliphatic rings.